The Morgan fingerprint density at radius 1 is 0.929 bits per heavy atom. The van der Waals surface area contributed by atoms with Crippen LogP contribution >= 0.6 is 23.4 Å². The molecule has 0 aliphatic carbocycles. The fourth-order valence-corrected chi connectivity index (χ4v) is 5.35. The fourth-order valence-electron chi connectivity index (χ4n) is 4.39. The van der Waals surface area contributed by atoms with E-state index in [1.54, 1.807) is 36.3 Å². The van der Waals surface area contributed by atoms with Crippen LogP contribution in [0, 0.1) is 13.8 Å². The van der Waals surface area contributed by atoms with Gasteiger partial charge in [0.15, 0.2) is 5.16 Å². The van der Waals surface area contributed by atoms with Gasteiger partial charge in [0.25, 0.3) is 5.91 Å². The molecule has 1 aromatic heterocycles. The first-order chi connectivity index (χ1) is 20.1. The molecule has 0 aliphatic rings. The number of carbonyl (C=O) groups is 2. The maximum atomic E-state index is 14.0. The van der Waals surface area contributed by atoms with Crippen molar-refractivity contribution in [2.45, 2.75) is 31.6 Å². The number of rotatable bonds is 11. The number of carbonyl (C=O) groups excluding carboxylic acids is 2. The summed E-state index contributed by atoms with van der Waals surface area (Å²) >= 11 is 7.44. The molecule has 0 radical (unpaired) electrons. The highest BCUT2D eigenvalue weighted by molar-refractivity contribution is 7.99. The van der Waals surface area contributed by atoms with Crippen LogP contribution in [0.3, 0.4) is 0 Å². The minimum absolute atomic E-state index is 0.0496. The third-order valence-corrected chi connectivity index (χ3v) is 7.60. The highest BCUT2D eigenvalue weighted by Crippen LogP contribution is 2.29. The number of amides is 2. The first kappa shape index (κ1) is 30.9. The summed E-state index contributed by atoms with van der Waals surface area (Å²) < 4.78 is 5.31. The molecule has 4 aromatic rings. The van der Waals surface area contributed by atoms with Crippen LogP contribution in [0.2, 0.25) is 5.02 Å². The number of halogens is 1. The van der Waals surface area contributed by atoms with Crippen LogP contribution in [0.5, 0.6) is 5.75 Å². The van der Waals surface area contributed by atoms with Crippen molar-refractivity contribution in [3.8, 4) is 5.75 Å². The molecule has 42 heavy (non-hydrogen) atoms. The summed E-state index contributed by atoms with van der Waals surface area (Å²) in [6.45, 7) is 3.97. The maximum Gasteiger partial charge on any atom is 0.251 e. The van der Waals surface area contributed by atoms with Gasteiger partial charge in [-0.2, -0.15) is 0 Å². The second-order valence-corrected chi connectivity index (χ2v) is 11.4. The lowest BCUT2D eigenvalue weighted by molar-refractivity contribution is -0.137. The smallest absolute Gasteiger partial charge is 0.251 e. The number of aromatic nitrogens is 2. The molecule has 0 saturated heterocycles. The minimum atomic E-state index is -0.939. The van der Waals surface area contributed by atoms with Crippen molar-refractivity contribution < 1.29 is 14.3 Å². The molecule has 1 unspecified atom stereocenters. The quantitative estimate of drug-likeness (QED) is 0.158. The Morgan fingerprint density at radius 3 is 2.12 bits per heavy atom. The summed E-state index contributed by atoms with van der Waals surface area (Å²) in [5.74, 6) is 0.168. The molecule has 8 nitrogen and oxygen atoms in total. The van der Waals surface area contributed by atoms with E-state index in [1.807, 2.05) is 87.4 Å². The zero-order valence-corrected chi connectivity index (χ0v) is 25.9. The van der Waals surface area contributed by atoms with E-state index >= 15 is 0 Å². The molecular formula is C32H34ClN5O3S. The standard InChI is InChI=1S/C32H34ClN5O3S/c1-21-18-22(2)35-32(34-21)42-20-29(39)38(19-23-6-16-28(41-5)17-7-23)30(24-8-10-25(33)11-9-24)31(40)36-26-12-14-27(15-13-26)37(3)4/h6-18,30H,19-20H2,1-5H3,(H,36,40). The van der Waals surface area contributed by atoms with Gasteiger partial charge < -0.3 is 19.9 Å². The van der Waals surface area contributed by atoms with Crippen LogP contribution < -0.4 is 15.0 Å². The monoisotopic (exact) mass is 603 g/mol. The molecule has 0 saturated carbocycles. The number of benzene rings is 3. The number of anilines is 2. The lowest BCUT2D eigenvalue weighted by Crippen LogP contribution is -2.41. The van der Waals surface area contributed by atoms with Crippen LogP contribution in [0.4, 0.5) is 11.4 Å². The highest BCUT2D eigenvalue weighted by atomic mass is 35.5. The van der Waals surface area contributed by atoms with Gasteiger partial charge in [-0.1, -0.05) is 47.6 Å². The molecule has 10 heteroatoms. The number of methoxy groups -OCH3 is 1. The van der Waals surface area contributed by atoms with Gasteiger partial charge in [0.05, 0.1) is 12.9 Å². The SMILES string of the molecule is COc1ccc(CN(C(=O)CSc2nc(C)cc(C)n2)C(C(=O)Nc2ccc(N(C)C)cc2)c2ccc(Cl)cc2)cc1. The molecule has 1 atom stereocenters. The highest BCUT2D eigenvalue weighted by Gasteiger charge is 2.32. The van der Waals surface area contributed by atoms with Gasteiger partial charge in [0.1, 0.15) is 11.8 Å². The molecule has 1 N–H and O–H groups in total. The van der Waals surface area contributed by atoms with E-state index in [-0.39, 0.29) is 24.1 Å². The molecule has 4 rings (SSSR count). The summed E-state index contributed by atoms with van der Waals surface area (Å²) in [5.41, 5.74) is 4.76. The zero-order chi connectivity index (χ0) is 30.2. The fraction of sp³-hybridized carbons (Fsp3) is 0.250. The topological polar surface area (TPSA) is 87.7 Å². The maximum absolute atomic E-state index is 14.0. The zero-order valence-electron chi connectivity index (χ0n) is 24.3. The Labute approximate surface area is 256 Å². The molecule has 0 bridgehead atoms. The predicted octanol–water partition coefficient (Wildman–Crippen LogP) is 6.32. The normalized spacial score (nSPS) is 11.5. The van der Waals surface area contributed by atoms with E-state index in [9.17, 15) is 9.59 Å². The Bertz CT molecular complexity index is 1490. The summed E-state index contributed by atoms with van der Waals surface area (Å²) in [5, 5.41) is 4.06. The Morgan fingerprint density at radius 2 is 1.55 bits per heavy atom. The van der Waals surface area contributed by atoms with Gasteiger partial charge in [-0.25, -0.2) is 9.97 Å². The van der Waals surface area contributed by atoms with Crippen LogP contribution in [-0.4, -0.2) is 53.6 Å². The summed E-state index contributed by atoms with van der Waals surface area (Å²) in [6, 6.07) is 22.9. The van der Waals surface area contributed by atoms with Gasteiger partial charge in [0, 0.05) is 48.4 Å². The molecule has 1 heterocycles. The number of nitrogens with zero attached hydrogens (tertiary/aromatic N) is 4. The van der Waals surface area contributed by atoms with E-state index in [1.165, 1.54) is 11.8 Å². The Balaban J connectivity index is 1.69. The van der Waals surface area contributed by atoms with Gasteiger partial charge >= 0.3 is 0 Å². The number of hydrogen-bond acceptors (Lipinski definition) is 7. The minimum Gasteiger partial charge on any atom is -0.497 e. The average Bonchev–Trinajstić information content (AvgIpc) is 2.96. The van der Waals surface area contributed by atoms with Crippen molar-refractivity contribution in [1.29, 1.82) is 0 Å². The second-order valence-electron chi connectivity index (χ2n) is 9.98. The van der Waals surface area contributed by atoms with Crippen LogP contribution in [0.1, 0.15) is 28.6 Å². The van der Waals surface area contributed by atoms with Crippen LogP contribution in [0.15, 0.2) is 84.0 Å². The van der Waals surface area contributed by atoms with Crippen molar-refractivity contribution in [1.82, 2.24) is 14.9 Å². The number of aryl methyl sites for hydroxylation is 2. The van der Waals surface area contributed by atoms with Gasteiger partial charge in [-0.3, -0.25) is 9.59 Å². The van der Waals surface area contributed by atoms with E-state index < -0.39 is 6.04 Å². The third kappa shape index (κ3) is 8.24. The first-order valence-electron chi connectivity index (χ1n) is 13.3. The molecule has 0 fully saturated rings. The number of hydrogen-bond donors (Lipinski definition) is 1. The van der Waals surface area contributed by atoms with Crippen LogP contribution in [0.25, 0.3) is 0 Å². The predicted molar refractivity (Wildman–Crippen MR) is 169 cm³/mol. The van der Waals surface area contributed by atoms with Gasteiger partial charge in [0.2, 0.25) is 5.91 Å². The van der Waals surface area contributed by atoms with Crippen molar-refractivity contribution >= 4 is 46.6 Å². The molecule has 0 spiro atoms. The van der Waals surface area contributed by atoms with Gasteiger partial charge in [-0.15, -0.1) is 0 Å². The van der Waals surface area contributed by atoms with E-state index in [2.05, 4.69) is 15.3 Å². The molecule has 0 aliphatic heterocycles. The largest absolute Gasteiger partial charge is 0.497 e. The van der Waals surface area contributed by atoms with Crippen LogP contribution in [-0.2, 0) is 16.1 Å². The molecular weight excluding hydrogens is 570 g/mol. The first-order valence-corrected chi connectivity index (χ1v) is 14.7. The number of nitrogens with one attached hydrogen (secondary N) is 1. The summed E-state index contributed by atoms with van der Waals surface area (Å²) in [7, 11) is 5.50. The van der Waals surface area contributed by atoms with Crippen molar-refractivity contribution in [3.63, 3.8) is 0 Å². The molecule has 2 amide bonds. The molecule has 218 valence electrons. The Hall–Kier alpha value is -4.08. The lowest BCUT2D eigenvalue weighted by Gasteiger charge is -2.31. The average molecular weight is 604 g/mol. The summed E-state index contributed by atoms with van der Waals surface area (Å²) in [4.78, 5) is 40.5. The number of ether oxygens (including phenoxy) is 1. The summed E-state index contributed by atoms with van der Waals surface area (Å²) in [6.07, 6.45) is 0. The Kier molecular flexibility index (Phi) is 10.4. The van der Waals surface area contributed by atoms with Crippen molar-refractivity contribution in [2.24, 2.45) is 0 Å². The second kappa shape index (κ2) is 14.2. The molecule has 3 aromatic carbocycles. The third-order valence-electron chi connectivity index (χ3n) is 6.52. The van der Waals surface area contributed by atoms with E-state index in [0.29, 0.717) is 27.2 Å². The van der Waals surface area contributed by atoms with Crippen molar-refractivity contribution in [2.75, 3.05) is 37.2 Å². The van der Waals surface area contributed by atoms with E-state index in [4.69, 9.17) is 16.3 Å². The van der Waals surface area contributed by atoms with E-state index in [0.717, 1.165) is 22.6 Å². The lowest BCUT2D eigenvalue weighted by atomic mass is 10.0. The van der Waals surface area contributed by atoms with Gasteiger partial charge in [-0.05, 0) is 79.6 Å². The number of thioether (sulfide) groups is 1. The van der Waals surface area contributed by atoms with Crippen molar-refractivity contribution in [3.05, 3.63) is 106 Å².